The van der Waals surface area contributed by atoms with E-state index in [-0.39, 0.29) is 24.1 Å². The van der Waals surface area contributed by atoms with Gasteiger partial charge >= 0.3 is 5.97 Å². The lowest BCUT2D eigenvalue weighted by Crippen LogP contribution is -2.21. The van der Waals surface area contributed by atoms with Gasteiger partial charge in [0.25, 0.3) is 0 Å². The maximum absolute atomic E-state index is 13.1. The van der Waals surface area contributed by atoms with Gasteiger partial charge in [-0.05, 0) is 48.2 Å². The molecule has 1 amide bonds. The van der Waals surface area contributed by atoms with Gasteiger partial charge in [0.2, 0.25) is 5.91 Å². The molecule has 0 bridgehead atoms. The van der Waals surface area contributed by atoms with E-state index in [9.17, 15) is 14.0 Å². The number of carboxylic acids is 1. The molecule has 0 aliphatic carbocycles. The van der Waals surface area contributed by atoms with E-state index >= 15 is 0 Å². The number of aryl methyl sites for hydroxylation is 1. The molecule has 0 aromatic heterocycles. The Kier molecular flexibility index (Phi) is 6.07. The fourth-order valence-corrected chi connectivity index (χ4v) is 2.41. The smallest absolute Gasteiger partial charge is 0.307 e. The molecule has 24 heavy (non-hydrogen) atoms. The van der Waals surface area contributed by atoms with Crippen molar-refractivity contribution >= 4 is 17.6 Å². The Labute approximate surface area is 140 Å². The van der Waals surface area contributed by atoms with Gasteiger partial charge in [0.1, 0.15) is 5.82 Å². The third-order valence-corrected chi connectivity index (χ3v) is 3.75. The molecule has 2 aromatic carbocycles. The van der Waals surface area contributed by atoms with Gasteiger partial charge in [-0.3, -0.25) is 9.59 Å². The van der Waals surface area contributed by atoms with E-state index in [1.165, 1.54) is 12.1 Å². The summed E-state index contributed by atoms with van der Waals surface area (Å²) in [4.78, 5) is 23.0. The lowest BCUT2D eigenvalue weighted by atomic mass is 10.00. The van der Waals surface area contributed by atoms with Crippen molar-refractivity contribution in [2.45, 2.75) is 26.2 Å². The van der Waals surface area contributed by atoms with Gasteiger partial charge in [-0.2, -0.15) is 0 Å². The zero-order chi connectivity index (χ0) is 17.5. The van der Waals surface area contributed by atoms with E-state index in [4.69, 9.17) is 5.11 Å². The summed E-state index contributed by atoms with van der Waals surface area (Å²) in [7, 11) is 0. The van der Waals surface area contributed by atoms with E-state index in [0.29, 0.717) is 24.1 Å². The Balaban J connectivity index is 1.90. The molecule has 2 rings (SSSR count). The lowest BCUT2D eigenvalue weighted by molar-refractivity contribution is -0.136. The number of carbonyl (C=O) groups excluding carboxylic acids is 1. The number of halogens is 1. The topological polar surface area (TPSA) is 66.4 Å². The number of benzene rings is 2. The quantitative estimate of drug-likeness (QED) is 0.814. The highest BCUT2D eigenvalue weighted by atomic mass is 19.1. The number of amides is 1. The summed E-state index contributed by atoms with van der Waals surface area (Å²) in [6.45, 7) is 1.82. The molecule has 0 aliphatic rings. The summed E-state index contributed by atoms with van der Waals surface area (Å²) < 4.78 is 13.1. The molecule has 0 saturated heterocycles. The zero-order valence-electron chi connectivity index (χ0n) is 13.5. The molecular weight excluding hydrogens is 309 g/mol. The van der Waals surface area contributed by atoms with Crippen LogP contribution in [0.5, 0.6) is 0 Å². The third-order valence-electron chi connectivity index (χ3n) is 3.75. The van der Waals surface area contributed by atoms with Crippen LogP contribution in [0.1, 0.15) is 24.5 Å². The van der Waals surface area contributed by atoms with E-state index in [2.05, 4.69) is 5.32 Å². The number of carbonyl (C=O) groups is 2. The Morgan fingerprint density at radius 3 is 2.54 bits per heavy atom. The number of hydrogen-bond acceptors (Lipinski definition) is 2. The highest BCUT2D eigenvalue weighted by Crippen LogP contribution is 2.16. The number of rotatable bonds is 7. The van der Waals surface area contributed by atoms with Crippen LogP contribution in [0.2, 0.25) is 0 Å². The Hall–Kier alpha value is -2.69. The largest absolute Gasteiger partial charge is 0.481 e. The highest BCUT2D eigenvalue weighted by molar-refractivity contribution is 5.92. The predicted molar refractivity (Wildman–Crippen MR) is 90.3 cm³/mol. The minimum atomic E-state index is -0.915. The van der Waals surface area contributed by atoms with E-state index in [0.717, 1.165) is 5.56 Å². The maximum atomic E-state index is 13.1. The van der Waals surface area contributed by atoms with Crippen molar-refractivity contribution in [3.63, 3.8) is 0 Å². The molecule has 0 heterocycles. The molecule has 0 radical (unpaired) electrons. The van der Waals surface area contributed by atoms with E-state index < -0.39 is 5.97 Å². The second-order valence-electron chi connectivity index (χ2n) is 5.83. The van der Waals surface area contributed by atoms with Crippen LogP contribution in [-0.2, 0) is 22.4 Å². The summed E-state index contributed by atoms with van der Waals surface area (Å²) in [6.07, 6.45) is 1.13. The Morgan fingerprint density at radius 2 is 1.83 bits per heavy atom. The van der Waals surface area contributed by atoms with E-state index in [1.54, 1.807) is 30.3 Å². The summed E-state index contributed by atoms with van der Waals surface area (Å²) >= 11 is 0. The van der Waals surface area contributed by atoms with Crippen LogP contribution in [0.15, 0.2) is 48.5 Å². The molecule has 1 unspecified atom stereocenters. The maximum Gasteiger partial charge on any atom is 0.307 e. The van der Waals surface area contributed by atoms with Crippen molar-refractivity contribution in [3.05, 3.63) is 65.5 Å². The SMILES string of the molecule is CC(CCc1cccc(F)c1)C(=O)Nc1cccc(CC(=O)O)c1. The monoisotopic (exact) mass is 329 g/mol. The summed E-state index contributed by atoms with van der Waals surface area (Å²) in [5.74, 6) is -1.57. The van der Waals surface area contributed by atoms with Crippen LogP contribution in [0.3, 0.4) is 0 Å². The Bertz CT molecular complexity index is 730. The summed E-state index contributed by atoms with van der Waals surface area (Å²) in [5.41, 5.74) is 2.07. The van der Waals surface area contributed by atoms with Gasteiger partial charge in [-0.25, -0.2) is 4.39 Å². The van der Waals surface area contributed by atoms with E-state index in [1.807, 2.05) is 13.0 Å². The number of carboxylic acid groups (broad SMARTS) is 1. The van der Waals surface area contributed by atoms with Gasteiger partial charge in [0, 0.05) is 11.6 Å². The zero-order valence-corrected chi connectivity index (χ0v) is 13.5. The normalized spacial score (nSPS) is 11.8. The van der Waals surface area contributed by atoms with Gasteiger partial charge in [0.05, 0.1) is 6.42 Å². The average Bonchev–Trinajstić information content (AvgIpc) is 2.52. The van der Waals surface area contributed by atoms with Crippen molar-refractivity contribution in [1.82, 2.24) is 0 Å². The van der Waals surface area contributed by atoms with Crippen LogP contribution in [0.25, 0.3) is 0 Å². The van der Waals surface area contributed by atoms with Gasteiger partial charge < -0.3 is 10.4 Å². The molecule has 0 saturated carbocycles. The fourth-order valence-electron chi connectivity index (χ4n) is 2.41. The third kappa shape index (κ3) is 5.50. The van der Waals surface area contributed by atoms with Crippen molar-refractivity contribution in [2.24, 2.45) is 5.92 Å². The van der Waals surface area contributed by atoms with Crippen molar-refractivity contribution in [1.29, 1.82) is 0 Å². The molecule has 0 fully saturated rings. The molecule has 0 aliphatic heterocycles. The van der Waals surface area contributed by atoms with Crippen molar-refractivity contribution < 1.29 is 19.1 Å². The fraction of sp³-hybridized carbons (Fsp3) is 0.263. The molecule has 2 aromatic rings. The van der Waals surface area contributed by atoms with Crippen LogP contribution in [0.4, 0.5) is 10.1 Å². The molecule has 126 valence electrons. The summed E-state index contributed by atoms with van der Waals surface area (Å²) in [6, 6.07) is 13.2. The molecule has 0 spiro atoms. The first-order valence-corrected chi connectivity index (χ1v) is 7.80. The van der Waals surface area contributed by atoms with Crippen molar-refractivity contribution in [3.8, 4) is 0 Å². The summed E-state index contributed by atoms with van der Waals surface area (Å²) in [5, 5.41) is 11.6. The van der Waals surface area contributed by atoms with Crippen LogP contribution in [-0.4, -0.2) is 17.0 Å². The Morgan fingerprint density at radius 1 is 1.12 bits per heavy atom. The molecule has 4 nitrogen and oxygen atoms in total. The lowest BCUT2D eigenvalue weighted by Gasteiger charge is -2.13. The van der Waals surface area contributed by atoms with Crippen LogP contribution < -0.4 is 5.32 Å². The van der Waals surface area contributed by atoms with Crippen LogP contribution in [0, 0.1) is 11.7 Å². The molecule has 5 heteroatoms. The highest BCUT2D eigenvalue weighted by Gasteiger charge is 2.13. The first-order chi connectivity index (χ1) is 11.4. The minimum Gasteiger partial charge on any atom is -0.481 e. The number of nitrogens with one attached hydrogen (secondary N) is 1. The average molecular weight is 329 g/mol. The minimum absolute atomic E-state index is 0.0845. The standard InChI is InChI=1S/C19H20FNO3/c1-13(8-9-14-4-2-6-16(20)10-14)19(24)21-17-7-3-5-15(11-17)12-18(22)23/h2-7,10-11,13H,8-9,12H2,1H3,(H,21,24)(H,22,23). The number of anilines is 1. The van der Waals surface area contributed by atoms with Gasteiger partial charge in [-0.15, -0.1) is 0 Å². The molecule has 1 atom stereocenters. The molecular formula is C19H20FNO3. The first-order valence-electron chi connectivity index (χ1n) is 7.80. The number of hydrogen-bond donors (Lipinski definition) is 2. The number of aliphatic carboxylic acids is 1. The first kappa shape index (κ1) is 17.7. The molecule has 2 N–H and O–H groups in total. The second kappa shape index (κ2) is 8.24. The van der Waals surface area contributed by atoms with Gasteiger partial charge in [-0.1, -0.05) is 31.2 Å². The predicted octanol–water partition coefficient (Wildman–Crippen LogP) is 3.66. The van der Waals surface area contributed by atoms with Crippen molar-refractivity contribution in [2.75, 3.05) is 5.32 Å². The van der Waals surface area contributed by atoms with Gasteiger partial charge in [0.15, 0.2) is 0 Å². The van der Waals surface area contributed by atoms with Crippen LogP contribution >= 0.6 is 0 Å². The second-order valence-corrected chi connectivity index (χ2v) is 5.83.